The third-order valence-corrected chi connectivity index (χ3v) is 4.70. The number of amides is 1. The van der Waals surface area contributed by atoms with Crippen molar-refractivity contribution in [3.05, 3.63) is 71.2 Å². The molecule has 1 aromatic heterocycles. The van der Waals surface area contributed by atoms with Gasteiger partial charge in [0.1, 0.15) is 11.4 Å². The highest BCUT2D eigenvalue weighted by Gasteiger charge is 2.35. The molecule has 0 atom stereocenters. The number of furan rings is 1. The van der Waals surface area contributed by atoms with Gasteiger partial charge in [-0.25, -0.2) is 4.39 Å². The number of hydrogen-bond acceptors (Lipinski definition) is 3. The van der Waals surface area contributed by atoms with Crippen LogP contribution in [0.2, 0.25) is 0 Å². The van der Waals surface area contributed by atoms with Crippen LogP contribution in [0.1, 0.15) is 34.5 Å². The molecule has 26 heavy (non-hydrogen) atoms. The van der Waals surface area contributed by atoms with Crippen LogP contribution in [0.15, 0.2) is 52.9 Å². The summed E-state index contributed by atoms with van der Waals surface area (Å²) in [6.07, 6.45) is 1.96. The van der Waals surface area contributed by atoms with Crippen molar-refractivity contribution in [3.8, 4) is 0 Å². The lowest BCUT2D eigenvalue weighted by molar-refractivity contribution is 0.0693. The molecular weight excluding hydrogens is 333 g/mol. The lowest BCUT2D eigenvalue weighted by Crippen LogP contribution is -2.33. The Bertz CT molecular complexity index is 928. The van der Waals surface area contributed by atoms with E-state index in [-0.39, 0.29) is 17.8 Å². The standard InChI is InChI=1S/C21H20FNO3/c1-25-13-18-17-4-2-3-5-19(17)26-20(18)21(24)23(16-10-11-16)12-14-6-8-15(22)9-7-14/h2-9,16H,10-13H2,1H3. The number of para-hydroxylation sites is 1. The van der Waals surface area contributed by atoms with Gasteiger partial charge in [0.15, 0.2) is 5.76 Å². The van der Waals surface area contributed by atoms with Crippen LogP contribution in [-0.4, -0.2) is 24.0 Å². The predicted octanol–water partition coefficient (Wildman–Crippen LogP) is 4.52. The van der Waals surface area contributed by atoms with Gasteiger partial charge in [0.2, 0.25) is 0 Å². The van der Waals surface area contributed by atoms with E-state index in [1.807, 2.05) is 29.2 Å². The molecule has 1 saturated carbocycles. The third-order valence-electron chi connectivity index (χ3n) is 4.70. The van der Waals surface area contributed by atoms with E-state index in [2.05, 4.69) is 0 Å². The number of hydrogen-bond donors (Lipinski definition) is 0. The van der Waals surface area contributed by atoms with E-state index in [0.717, 1.165) is 29.4 Å². The summed E-state index contributed by atoms with van der Waals surface area (Å²) in [4.78, 5) is 15.1. The second kappa shape index (κ2) is 6.92. The van der Waals surface area contributed by atoms with Crippen LogP contribution >= 0.6 is 0 Å². The Hall–Kier alpha value is -2.66. The summed E-state index contributed by atoms with van der Waals surface area (Å²) < 4.78 is 24.4. The van der Waals surface area contributed by atoms with E-state index in [0.29, 0.717) is 24.5 Å². The van der Waals surface area contributed by atoms with Crippen molar-refractivity contribution in [2.24, 2.45) is 0 Å². The van der Waals surface area contributed by atoms with Crippen LogP contribution < -0.4 is 0 Å². The summed E-state index contributed by atoms with van der Waals surface area (Å²) >= 11 is 0. The van der Waals surface area contributed by atoms with E-state index >= 15 is 0 Å². The number of halogens is 1. The van der Waals surface area contributed by atoms with Crippen LogP contribution in [0.3, 0.4) is 0 Å². The van der Waals surface area contributed by atoms with Gasteiger partial charge in [-0.05, 0) is 36.6 Å². The van der Waals surface area contributed by atoms with Crippen molar-refractivity contribution in [1.82, 2.24) is 4.90 Å². The Labute approximate surface area is 151 Å². The molecule has 4 nitrogen and oxygen atoms in total. The van der Waals surface area contributed by atoms with E-state index in [1.54, 1.807) is 19.2 Å². The molecule has 1 aliphatic carbocycles. The topological polar surface area (TPSA) is 42.7 Å². The highest BCUT2D eigenvalue weighted by Crippen LogP contribution is 2.33. The zero-order chi connectivity index (χ0) is 18.1. The van der Waals surface area contributed by atoms with Crippen LogP contribution in [0.25, 0.3) is 11.0 Å². The van der Waals surface area contributed by atoms with Crippen molar-refractivity contribution in [1.29, 1.82) is 0 Å². The predicted molar refractivity (Wildman–Crippen MR) is 96.2 cm³/mol. The monoisotopic (exact) mass is 353 g/mol. The minimum atomic E-state index is -0.280. The van der Waals surface area contributed by atoms with Gasteiger partial charge in [-0.15, -0.1) is 0 Å². The SMILES string of the molecule is COCc1c(C(=O)N(Cc2ccc(F)cc2)C2CC2)oc2ccccc12. The molecule has 0 aliphatic heterocycles. The van der Waals surface area contributed by atoms with Crippen LogP contribution in [0.4, 0.5) is 4.39 Å². The Morgan fingerprint density at radius 1 is 1.19 bits per heavy atom. The normalized spacial score (nSPS) is 13.9. The first kappa shape index (κ1) is 16.8. The molecule has 1 heterocycles. The van der Waals surface area contributed by atoms with E-state index in [1.165, 1.54) is 12.1 Å². The van der Waals surface area contributed by atoms with Crippen molar-refractivity contribution in [3.63, 3.8) is 0 Å². The second-order valence-corrected chi connectivity index (χ2v) is 6.63. The molecule has 0 bridgehead atoms. The van der Waals surface area contributed by atoms with E-state index in [9.17, 15) is 9.18 Å². The van der Waals surface area contributed by atoms with Crippen molar-refractivity contribution in [2.75, 3.05) is 7.11 Å². The Kier molecular flexibility index (Phi) is 4.47. The van der Waals surface area contributed by atoms with Gasteiger partial charge in [0, 0.05) is 30.6 Å². The molecular formula is C21H20FNO3. The third kappa shape index (κ3) is 3.22. The summed E-state index contributed by atoms with van der Waals surface area (Å²) in [7, 11) is 1.60. The van der Waals surface area contributed by atoms with Crippen LogP contribution in [-0.2, 0) is 17.9 Å². The molecule has 0 N–H and O–H groups in total. The number of carbonyl (C=O) groups excluding carboxylic acids is 1. The van der Waals surface area contributed by atoms with Crippen LogP contribution in [0.5, 0.6) is 0 Å². The molecule has 0 radical (unpaired) electrons. The van der Waals surface area contributed by atoms with E-state index < -0.39 is 0 Å². The summed E-state index contributed by atoms with van der Waals surface area (Å²) in [5, 5.41) is 0.898. The van der Waals surface area contributed by atoms with Gasteiger partial charge >= 0.3 is 0 Å². The van der Waals surface area contributed by atoms with Gasteiger partial charge < -0.3 is 14.1 Å². The number of benzene rings is 2. The summed E-state index contributed by atoms with van der Waals surface area (Å²) in [6.45, 7) is 0.750. The van der Waals surface area contributed by atoms with Gasteiger partial charge in [0.05, 0.1) is 6.61 Å². The number of fused-ring (bicyclic) bond motifs is 1. The maximum absolute atomic E-state index is 13.3. The highest BCUT2D eigenvalue weighted by atomic mass is 19.1. The first-order valence-corrected chi connectivity index (χ1v) is 8.72. The fraction of sp³-hybridized carbons (Fsp3) is 0.286. The smallest absolute Gasteiger partial charge is 0.290 e. The Balaban J connectivity index is 1.69. The quantitative estimate of drug-likeness (QED) is 0.654. The summed E-state index contributed by atoms with van der Waals surface area (Å²) in [6, 6.07) is 14.1. The van der Waals surface area contributed by atoms with Crippen LogP contribution in [0, 0.1) is 5.82 Å². The summed E-state index contributed by atoms with van der Waals surface area (Å²) in [5.41, 5.74) is 2.36. The maximum Gasteiger partial charge on any atom is 0.290 e. The number of carbonyl (C=O) groups is 1. The number of methoxy groups -OCH3 is 1. The fourth-order valence-corrected chi connectivity index (χ4v) is 3.23. The zero-order valence-corrected chi connectivity index (χ0v) is 14.6. The number of rotatable bonds is 6. The molecule has 0 spiro atoms. The number of ether oxygens (including phenoxy) is 1. The Morgan fingerprint density at radius 2 is 1.92 bits per heavy atom. The molecule has 1 fully saturated rings. The van der Waals surface area contributed by atoms with Gasteiger partial charge in [-0.2, -0.15) is 0 Å². The molecule has 0 unspecified atom stereocenters. The van der Waals surface area contributed by atoms with Gasteiger partial charge in [-0.3, -0.25) is 4.79 Å². The summed E-state index contributed by atoms with van der Waals surface area (Å²) in [5.74, 6) is -0.0835. The average Bonchev–Trinajstić information content (AvgIpc) is 3.43. The highest BCUT2D eigenvalue weighted by molar-refractivity contribution is 5.99. The largest absolute Gasteiger partial charge is 0.451 e. The molecule has 4 rings (SSSR count). The molecule has 3 aromatic rings. The fourth-order valence-electron chi connectivity index (χ4n) is 3.23. The first-order valence-electron chi connectivity index (χ1n) is 8.72. The zero-order valence-electron chi connectivity index (χ0n) is 14.6. The molecule has 0 saturated heterocycles. The molecule has 1 aliphatic rings. The van der Waals surface area contributed by atoms with Gasteiger partial charge in [-0.1, -0.05) is 30.3 Å². The molecule has 134 valence electrons. The molecule has 2 aromatic carbocycles. The minimum Gasteiger partial charge on any atom is -0.451 e. The van der Waals surface area contributed by atoms with E-state index in [4.69, 9.17) is 9.15 Å². The van der Waals surface area contributed by atoms with Crippen molar-refractivity contribution in [2.45, 2.75) is 32.0 Å². The maximum atomic E-state index is 13.3. The number of nitrogens with zero attached hydrogens (tertiary/aromatic N) is 1. The average molecular weight is 353 g/mol. The molecule has 1 amide bonds. The first-order chi connectivity index (χ1) is 12.7. The lowest BCUT2D eigenvalue weighted by Gasteiger charge is -2.22. The van der Waals surface area contributed by atoms with Gasteiger partial charge in [0.25, 0.3) is 5.91 Å². The second-order valence-electron chi connectivity index (χ2n) is 6.63. The van der Waals surface area contributed by atoms with Crippen molar-refractivity contribution < 1.29 is 18.3 Å². The lowest BCUT2D eigenvalue weighted by atomic mass is 10.1. The molecule has 5 heteroatoms. The minimum absolute atomic E-state index is 0.139. The Morgan fingerprint density at radius 3 is 2.62 bits per heavy atom. The van der Waals surface area contributed by atoms with Crippen molar-refractivity contribution >= 4 is 16.9 Å².